The number of hydrogen-bond donors (Lipinski definition) is 4. The molecule has 0 aliphatic carbocycles. The van der Waals surface area contributed by atoms with Crippen molar-refractivity contribution in [1.82, 2.24) is 5.32 Å². The predicted molar refractivity (Wildman–Crippen MR) is 245 cm³/mol. The molecule has 3 unspecified atom stereocenters. The predicted octanol–water partition coefficient (Wildman–Crippen LogP) is 13.8. The molecule has 8 heteroatoms. The normalized spacial score (nSPS) is 14.0. The van der Waals surface area contributed by atoms with Crippen molar-refractivity contribution in [3.8, 4) is 0 Å². The summed E-state index contributed by atoms with van der Waals surface area (Å²) in [6.07, 6.45) is 53.6. The summed E-state index contributed by atoms with van der Waals surface area (Å²) >= 11 is 0. The van der Waals surface area contributed by atoms with Crippen LogP contribution in [-0.4, -0.2) is 53.1 Å². The average Bonchev–Trinajstić information content (AvgIpc) is 3.18. The molecule has 0 bridgehead atoms. The van der Waals surface area contributed by atoms with Crippen molar-refractivity contribution in [3.05, 3.63) is 36.5 Å². The molecule has 57 heavy (non-hydrogen) atoms. The molecule has 0 aromatic carbocycles. The van der Waals surface area contributed by atoms with E-state index in [1.54, 1.807) is 6.08 Å². The van der Waals surface area contributed by atoms with Gasteiger partial charge >= 0.3 is 0 Å². The van der Waals surface area contributed by atoms with Crippen LogP contribution in [-0.2, 0) is 14.9 Å². The number of nitrogens with one attached hydrogen (secondary N) is 1. The monoisotopic (exact) mass is 824 g/mol. The van der Waals surface area contributed by atoms with E-state index in [4.69, 9.17) is 0 Å². The first kappa shape index (κ1) is 55.5. The van der Waals surface area contributed by atoms with Gasteiger partial charge in [-0.15, -0.1) is 0 Å². The lowest BCUT2D eigenvalue weighted by Gasteiger charge is -2.22. The molecule has 3 atom stereocenters. The summed E-state index contributed by atoms with van der Waals surface area (Å²) in [6.45, 7) is 4.53. The molecule has 0 aliphatic heterocycles. The zero-order chi connectivity index (χ0) is 41.9. The zero-order valence-corrected chi connectivity index (χ0v) is 38.2. The molecular formula is C49H93NO6S. The van der Waals surface area contributed by atoms with Gasteiger partial charge in [-0.3, -0.25) is 9.35 Å². The van der Waals surface area contributed by atoms with E-state index in [-0.39, 0.29) is 6.42 Å². The van der Waals surface area contributed by atoms with Gasteiger partial charge in [0.15, 0.2) is 0 Å². The van der Waals surface area contributed by atoms with Gasteiger partial charge in [-0.25, -0.2) is 0 Å². The number of carbonyl (C=O) groups is 1. The minimum absolute atomic E-state index is 0.275. The maximum atomic E-state index is 12.6. The topological polar surface area (TPSA) is 124 Å². The molecular weight excluding hydrogens is 731 g/mol. The number of carbonyl (C=O) groups excluding carboxylic acids is 1. The third-order valence-electron chi connectivity index (χ3n) is 11.2. The molecule has 0 fully saturated rings. The van der Waals surface area contributed by atoms with Crippen molar-refractivity contribution in [2.24, 2.45) is 0 Å². The molecule has 4 N–H and O–H groups in total. The highest BCUT2D eigenvalue weighted by Crippen LogP contribution is 2.16. The Morgan fingerprint density at radius 1 is 0.474 bits per heavy atom. The maximum absolute atomic E-state index is 12.6. The Labute approximate surface area is 353 Å². The van der Waals surface area contributed by atoms with Gasteiger partial charge in [-0.05, 0) is 44.9 Å². The minimum Gasteiger partial charge on any atom is -0.387 e. The average molecular weight is 824 g/mol. The fourth-order valence-corrected chi connectivity index (χ4v) is 8.17. The highest BCUT2D eigenvalue weighted by Gasteiger charge is 2.27. The van der Waals surface area contributed by atoms with Gasteiger partial charge in [-0.1, -0.05) is 237 Å². The first-order chi connectivity index (χ1) is 27.7. The highest BCUT2D eigenvalue weighted by atomic mass is 32.2. The van der Waals surface area contributed by atoms with Crippen LogP contribution < -0.4 is 5.32 Å². The van der Waals surface area contributed by atoms with E-state index in [0.29, 0.717) is 12.8 Å². The number of amides is 1. The van der Waals surface area contributed by atoms with E-state index in [9.17, 15) is 28.0 Å². The Balaban J connectivity index is 3.95. The Morgan fingerprint density at radius 2 is 0.789 bits per heavy atom. The highest BCUT2D eigenvalue weighted by molar-refractivity contribution is 7.85. The SMILES string of the molecule is CCCCCCCCCC/C=C/CC/C=C/CC/C=C/C(O)C(CS(=O)(=O)O)NC(=O)C(O)CCCCCCCCCCCCCCCCCCCCCCCC. The number of allylic oxidation sites excluding steroid dienone is 5. The van der Waals surface area contributed by atoms with Crippen LogP contribution in [0, 0.1) is 0 Å². The van der Waals surface area contributed by atoms with E-state index in [1.807, 2.05) is 0 Å². The molecule has 1 amide bonds. The molecule has 0 rings (SSSR count). The minimum atomic E-state index is -4.46. The van der Waals surface area contributed by atoms with Crippen LogP contribution in [0.15, 0.2) is 36.5 Å². The molecule has 336 valence electrons. The van der Waals surface area contributed by atoms with Gasteiger partial charge in [0.05, 0.1) is 17.9 Å². The van der Waals surface area contributed by atoms with Crippen LogP contribution in [0.4, 0.5) is 0 Å². The van der Waals surface area contributed by atoms with Crippen molar-refractivity contribution in [2.45, 2.75) is 263 Å². The van der Waals surface area contributed by atoms with Crippen LogP contribution in [0.5, 0.6) is 0 Å². The second-order valence-electron chi connectivity index (χ2n) is 16.9. The lowest BCUT2D eigenvalue weighted by molar-refractivity contribution is -0.130. The summed E-state index contributed by atoms with van der Waals surface area (Å²) in [6, 6.07) is -1.25. The first-order valence-electron chi connectivity index (χ1n) is 24.3. The van der Waals surface area contributed by atoms with E-state index in [0.717, 1.165) is 44.9 Å². The molecule has 0 saturated heterocycles. The van der Waals surface area contributed by atoms with Crippen molar-refractivity contribution in [3.63, 3.8) is 0 Å². The zero-order valence-electron chi connectivity index (χ0n) is 37.3. The van der Waals surface area contributed by atoms with E-state index >= 15 is 0 Å². The van der Waals surface area contributed by atoms with Crippen LogP contribution in [0.1, 0.15) is 245 Å². The molecule has 0 saturated carbocycles. The largest absolute Gasteiger partial charge is 0.387 e. The van der Waals surface area contributed by atoms with Gasteiger partial charge in [0.1, 0.15) is 6.10 Å². The number of aliphatic hydroxyl groups is 2. The second-order valence-corrected chi connectivity index (χ2v) is 18.4. The van der Waals surface area contributed by atoms with E-state index in [2.05, 4.69) is 43.5 Å². The molecule has 0 heterocycles. The Bertz CT molecular complexity index is 1060. The van der Waals surface area contributed by atoms with Crippen LogP contribution in [0.2, 0.25) is 0 Å². The second kappa shape index (κ2) is 42.6. The third-order valence-corrected chi connectivity index (χ3v) is 11.9. The Kier molecular flexibility index (Phi) is 41.5. The standard InChI is InChI=1S/C49H93NO6S/c1-3-5-7-9-11-13-15-17-19-21-23-24-25-26-28-30-32-34-36-38-40-42-44-48(52)49(53)50-46(45-57(54,55)56)47(51)43-41-39-37-35-33-31-29-27-22-20-18-16-14-12-10-8-6-4-2/h22,27,33,35,41,43,46-48,51-52H,3-21,23-26,28-32,34,36-40,42,44-45H2,1-2H3,(H,50,53)(H,54,55,56)/b27-22+,35-33+,43-41+. The Hall–Kier alpha value is -1.48. The molecule has 0 spiro atoms. The van der Waals surface area contributed by atoms with Crippen LogP contribution in [0.25, 0.3) is 0 Å². The lowest BCUT2D eigenvalue weighted by Crippen LogP contribution is -2.50. The third kappa shape index (κ3) is 42.5. The van der Waals surface area contributed by atoms with E-state index < -0.39 is 40.0 Å². The Morgan fingerprint density at radius 3 is 1.16 bits per heavy atom. The van der Waals surface area contributed by atoms with Crippen molar-refractivity contribution < 1.29 is 28.0 Å². The lowest BCUT2D eigenvalue weighted by atomic mass is 10.0. The number of unbranched alkanes of at least 4 members (excludes halogenated alkanes) is 31. The molecule has 7 nitrogen and oxygen atoms in total. The van der Waals surface area contributed by atoms with Crippen molar-refractivity contribution in [2.75, 3.05) is 5.75 Å². The summed E-state index contributed by atoms with van der Waals surface area (Å²) in [5.74, 6) is -1.56. The van der Waals surface area contributed by atoms with Crippen molar-refractivity contribution in [1.29, 1.82) is 0 Å². The van der Waals surface area contributed by atoms with E-state index in [1.165, 1.54) is 173 Å². The van der Waals surface area contributed by atoms with Gasteiger partial charge in [0, 0.05) is 0 Å². The fourth-order valence-electron chi connectivity index (χ4n) is 7.43. The van der Waals surface area contributed by atoms with Gasteiger partial charge < -0.3 is 15.5 Å². The van der Waals surface area contributed by atoms with Crippen LogP contribution in [0.3, 0.4) is 0 Å². The van der Waals surface area contributed by atoms with Gasteiger partial charge in [-0.2, -0.15) is 8.42 Å². The first-order valence-corrected chi connectivity index (χ1v) is 25.9. The molecule has 0 radical (unpaired) electrons. The number of hydrogen-bond acceptors (Lipinski definition) is 5. The van der Waals surface area contributed by atoms with Crippen LogP contribution >= 0.6 is 0 Å². The van der Waals surface area contributed by atoms with Gasteiger partial charge in [0.2, 0.25) is 5.91 Å². The summed E-state index contributed by atoms with van der Waals surface area (Å²) < 4.78 is 32.6. The fraction of sp³-hybridized carbons (Fsp3) is 0.857. The molecule has 0 aromatic rings. The summed E-state index contributed by atoms with van der Waals surface area (Å²) in [7, 11) is -4.46. The van der Waals surface area contributed by atoms with Gasteiger partial charge in [0.25, 0.3) is 10.1 Å². The summed E-state index contributed by atoms with van der Waals surface area (Å²) in [4.78, 5) is 12.6. The molecule has 0 aliphatic rings. The van der Waals surface area contributed by atoms with Crippen molar-refractivity contribution >= 4 is 16.0 Å². The number of aliphatic hydroxyl groups excluding tert-OH is 2. The summed E-state index contributed by atoms with van der Waals surface area (Å²) in [5.41, 5.74) is 0. The smallest absolute Gasteiger partial charge is 0.267 e. The molecule has 0 aromatic heterocycles. The summed E-state index contributed by atoms with van der Waals surface area (Å²) in [5, 5.41) is 23.5. The number of rotatable bonds is 44. The quantitative estimate of drug-likeness (QED) is 0.0276. The maximum Gasteiger partial charge on any atom is 0.267 e.